The first-order valence-electron chi connectivity index (χ1n) is 3.75. The molecule has 18 heavy (non-hydrogen) atoms. The monoisotopic (exact) mass is 421 g/mol. The Hall–Kier alpha value is 1.65. The molecule has 0 aliphatic heterocycles. The molecule has 13 heteroatoms. The van der Waals surface area contributed by atoms with Crippen LogP contribution in [-0.2, 0) is 13.9 Å². The van der Waals surface area contributed by atoms with Crippen molar-refractivity contribution in [2.45, 2.75) is 14.7 Å². The maximum atomic E-state index is 10.4. The second-order valence-corrected chi connectivity index (χ2v) is 8.75. The Labute approximate surface area is 138 Å². The minimum absolute atomic E-state index is 0.279. The lowest BCUT2D eigenvalue weighted by molar-refractivity contribution is -0.117. The fraction of sp³-hybridized carbons (Fsp3) is 0.800. The Morgan fingerprint density at radius 3 is 1.72 bits per heavy atom. The van der Waals surface area contributed by atoms with Crippen LogP contribution < -0.4 is 5.73 Å². The van der Waals surface area contributed by atoms with E-state index in [2.05, 4.69) is 10.3 Å². The standard InChI is InChI=1S/C3H6ClNO.C2HCl6O3P/c4-2-1-3(5)6;3-1(4,5)2(6,7)11-12(8,9)10/h1-2H2,(H2,5,6);(H,9,10). The molecule has 0 radical (unpaired) electrons. The fourth-order valence-corrected chi connectivity index (χ4v) is 2.25. The normalized spacial score (nSPS) is 15.3. The Morgan fingerprint density at radius 1 is 1.28 bits per heavy atom. The van der Waals surface area contributed by atoms with E-state index in [9.17, 15) is 9.36 Å². The second kappa shape index (κ2) is 8.83. The molecular weight excluding hydrogens is 417 g/mol. The fourth-order valence-electron chi connectivity index (χ4n) is 0.286. The molecule has 0 rings (SSSR count). The van der Waals surface area contributed by atoms with E-state index in [-0.39, 0.29) is 12.3 Å². The molecule has 1 amide bonds. The molecule has 0 heterocycles. The molecule has 5 nitrogen and oxygen atoms in total. The van der Waals surface area contributed by atoms with Gasteiger partial charge in [0.15, 0.2) is 0 Å². The molecule has 0 spiro atoms. The van der Waals surface area contributed by atoms with Crippen molar-refractivity contribution in [3.05, 3.63) is 0 Å². The second-order valence-electron chi connectivity index (χ2n) is 2.46. The average molecular weight is 424 g/mol. The first kappa shape index (κ1) is 21.9. The summed E-state index contributed by atoms with van der Waals surface area (Å²) in [7, 11) is 0. The summed E-state index contributed by atoms with van der Waals surface area (Å²) in [6, 6.07) is 0. The van der Waals surface area contributed by atoms with Crippen molar-refractivity contribution >= 4 is 93.7 Å². The van der Waals surface area contributed by atoms with Crippen LogP contribution in [0.4, 0.5) is 0 Å². The van der Waals surface area contributed by atoms with Gasteiger partial charge in [-0.25, -0.2) is 4.57 Å². The first-order valence-corrected chi connectivity index (χ1v) is 8.65. The van der Waals surface area contributed by atoms with Crippen LogP contribution in [0.25, 0.3) is 0 Å². The van der Waals surface area contributed by atoms with Crippen LogP contribution in [-0.4, -0.2) is 25.0 Å². The third-order valence-corrected chi connectivity index (χ3v) is 4.11. The van der Waals surface area contributed by atoms with E-state index in [0.717, 1.165) is 0 Å². The number of carbonyl (C=O) groups excluding carboxylic acids is 1. The van der Waals surface area contributed by atoms with Gasteiger partial charge in [0.05, 0.1) is 0 Å². The molecule has 0 saturated carbocycles. The predicted octanol–water partition coefficient (Wildman–Crippen LogP) is 3.94. The molecule has 0 aromatic rings. The van der Waals surface area contributed by atoms with Gasteiger partial charge in [0.2, 0.25) is 9.70 Å². The van der Waals surface area contributed by atoms with Crippen LogP contribution in [0.3, 0.4) is 0 Å². The summed E-state index contributed by atoms with van der Waals surface area (Å²) in [5.41, 5.74) is 4.68. The molecule has 0 fully saturated rings. The maximum absolute atomic E-state index is 10.4. The van der Waals surface area contributed by atoms with E-state index in [1.54, 1.807) is 0 Å². The van der Waals surface area contributed by atoms with Gasteiger partial charge in [-0.15, -0.1) is 11.6 Å². The van der Waals surface area contributed by atoms with Crippen molar-refractivity contribution in [2.24, 2.45) is 5.73 Å². The molecular formula is C5H7Cl7NO4P. The minimum atomic E-state index is -4.43. The van der Waals surface area contributed by atoms with Crippen LogP contribution in [0.5, 0.6) is 0 Å². The summed E-state index contributed by atoms with van der Waals surface area (Å²) in [5.74, 6) is -0.0139. The van der Waals surface area contributed by atoms with Gasteiger partial charge < -0.3 is 10.6 Å². The highest BCUT2D eigenvalue weighted by molar-refractivity contribution is 7.80. The van der Waals surface area contributed by atoms with Crippen molar-refractivity contribution in [1.82, 2.24) is 0 Å². The topological polar surface area (TPSA) is 89.6 Å². The van der Waals surface area contributed by atoms with Gasteiger partial charge in [0, 0.05) is 23.5 Å². The zero-order valence-electron chi connectivity index (χ0n) is 8.26. The van der Waals surface area contributed by atoms with Gasteiger partial charge in [0.25, 0.3) is 4.52 Å². The van der Waals surface area contributed by atoms with Crippen LogP contribution in [0, 0.1) is 0 Å². The van der Waals surface area contributed by atoms with E-state index < -0.39 is 15.3 Å². The van der Waals surface area contributed by atoms with Gasteiger partial charge >= 0.3 is 6.95 Å². The zero-order valence-corrected chi connectivity index (χ0v) is 14.4. The molecule has 0 aliphatic rings. The summed E-state index contributed by atoms with van der Waals surface area (Å²) < 4.78 is 9.66. The van der Waals surface area contributed by atoms with E-state index in [1.807, 2.05) is 0 Å². The lowest BCUT2D eigenvalue weighted by atomic mass is 10.5. The quantitative estimate of drug-likeness (QED) is 0.529. The highest BCUT2D eigenvalue weighted by Crippen LogP contribution is 2.59. The van der Waals surface area contributed by atoms with Crippen LogP contribution in [0.15, 0.2) is 0 Å². The molecule has 0 bridgehead atoms. The number of primary amides is 1. The summed E-state index contributed by atoms with van der Waals surface area (Å²) in [4.78, 5) is 18.2. The number of halogens is 7. The molecule has 0 aliphatic carbocycles. The summed E-state index contributed by atoms with van der Waals surface area (Å²) >= 11 is 35.9. The van der Waals surface area contributed by atoms with Gasteiger partial charge in [-0.2, -0.15) is 0 Å². The van der Waals surface area contributed by atoms with Crippen molar-refractivity contribution < 1.29 is 18.8 Å². The smallest absolute Gasteiger partial charge is 0.370 e. The number of hydrogen-bond donors (Lipinski definition) is 2. The maximum Gasteiger partial charge on any atom is 0.424 e. The number of rotatable bonds is 4. The van der Waals surface area contributed by atoms with Crippen molar-refractivity contribution in [2.75, 3.05) is 5.88 Å². The van der Waals surface area contributed by atoms with Crippen LogP contribution in [0.1, 0.15) is 6.42 Å². The van der Waals surface area contributed by atoms with E-state index in [0.29, 0.717) is 5.88 Å². The lowest BCUT2D eigenvalue weighted by Crippen LogP contribution is -2.32. The number of carbonyl (C=O) groups is 1. The van der Waals surface area contributed by atoms with Crippen molar-refractivity contribution in [3.8, 4) is 0 Å². The highest BCUT2D eigenvalue weighted by atomic mass is 35.7. The third-order valence-electron chi connectivity index (χ3n) is 0.898. The van der Waals surface area contributed by atoms with E-state index in [1.165, 1.54) is 0 Å². The van der Waals surface area contributed by atoms with E-state index in [4.69, 9.17) is 85.7 Å². The molecule has 1 atom stereocenters. The summed E-state index contributed by atoms with van der Waals surface area (Å²) in [6.07, 6.45) is 0.279. The van der Waals surface area contributed by atoms with Gasteiger partial charge in [-0.3, -0.25) is 9.32 Å². The third kappa shape index (κ3) is 12.7. The number of hydrogen-bond acceptors (Lipinski definition) is 3. The summed E-state index contributed by atoms with van der Waals surface area (Å²) in [5, 5.41) is 0. The SMILES string of the molecule is NC(=O)CCCl.O=P(O)(Cl)OC(Cl)(Cl)C(Cl)(Cl)Cl. The largest absolute Gasteiger partial charge is 0.424 e. The van der Waals surface area contributed by atoms with Crippen LogP contribution >= 0.6 is 87.8 Å². The average Bonchev–Trinajstić information content (AvgIpc) is 1.96. The number of nitrogens with two attached hydrogens (primary N) is 1. The molecule has 3 N–H and O–H groups in total. The first-order chi connectivity index (χ1) is 7.73. The molecule has 0 aromatic carbocycles. The molecule has 1 unspecified atom stereocenters. The number of alkyl halides is 6. The van der Waals surface area contributed by atoms with Crippen LogP contribution in [0.2, 0.25) is 0 Å². The van der Waals surface area contributed by atoms with Gasteiger partial charge in [-0.1, -0.05) is 58.0 Å². The summed E-state index contributed by atoms with van der Waals surface area (Å²) in [6.45, 7) is -4.43. The zero-order chi connectivity index (χ0) is 15.2. The highest BCUT2D eigenvalue weighted by Gasteiger charge is 2.51. The minimum Gasteiger partial charge on any atom is -0.370 e. The molecule has 110 valence electrons. The molecule has 0 saturated heterocycles. The van der Waals surface area contributed by atoms with Crippen molar-refractivity contribution in [1.29, 1.82) is 0 Å². The Kier molecular flexibility index (Phi) is 10.8. The van der Waals surface area contributed by atoms with E-state index >= 15 is 0 Å². The number of amides is 1. The lowest BCUT2D eigenvalue weighted by Gasteiger charge is -2.26. The van der Waals surface area contributed by atoms with Crippen molar-refractivity contribution in [3.63, 3.8) is 0 Å². The predicted molar refractivity (Wildman–Crippen MR) is 76.0 cm³/mol. The molecule has 0 aromatic heterocycles. The van der Waals surface area contributed by atoms with Gasteiger partial charge in [0.1, 0.15) is 0 Å². The van der Waals surface area contributed by atoms with Gasteiger partial charge in [-0.05, 0) is 0 Å². The Morgan fingerprint density at radius 2 is 1.67 bits per heavy atom. The Bertz CT molecular complexity index is 313. The Balaban J connectivity index is 0.